The second kappa shape index (κ2) is 5.32. The second-order valence-electron chi connectivity index (χ2n) is 4.56. The largest absolute Gasteiger partial charge is 0.372 e. The molecule has 0 radical (unpaired) electrons. The van der Waals surface area contributed by atoms with Crippen molar-refractivity contribution in [3.8, 4) is 0 Å². The lowest BCUT2D eigenvalue weighted by atomic mass is 10.2. The van der Waals surface area contributed by atoms with Crippen LogP contribution >= 0.6 is 0 Å². The first-order valence-corrected chi connectivity index (χ1v) is 6.09. The normalized spacial score (nSPS) is 16.6. The van der Waals surface area contributed by atoms with Crippen LogP contribution in [-0.4, -0.2) is 30.1 Å². The van der Waals surface area contributed by atoms with Crippen molar-refractivity contribution < 1.29 is 9.53 Å². The van der Waals surface area contributed by atoms with Gasteiger partial charge in [0, 0.05) is 19.7 Å². The van der Waals surface area contributed by atoms with Gasteiger partial charge in [0.25, 0.3) is 5.91 Å². The van der Waals surface area contributed by atoms with Crippen LogP contribution in [0.1, 0.15) is 25.3 Å². The van der Waals surface area contributed by atoms with Gasteiger partial charge in [-0.25, -0.2) is 0 Å². The Kier molecular flexibility index (Phi) is 3.79. The van der Waals surface area contributed by atoms with E-state index in [0.29, 0.717) is 12.6 Å². The lowest BCUT2D eigenvalue weighted by Gasteiger charge is -2.25. The predicted octanol–water partition coefficient (Wildman–Crippen LogP) is 2.21. The summed E-state index contributed by atoms with van der Waals surface area (Å²) in [5.41, 5.74) is 1.18. The molecule has 1 amide bonds. The number of methoxy groups -OCH3 is 1. The van der Waals surface area contributed by atoms with Gasteiger partial charge in [0.2, 0.25) is 0 Å². The molecule has 0 unspecified atom stereocenters. The van der Waals surface area contributed by atoms with Gasteiger partial charge >= 0.3 is 0 Å². The second-order valence-corrected chi connectivity index (χ2v) is 4.56. The molecule has 0 bridgehead atoms. The molecule has 0 N–H and O–H groups in total. The fourth-order valence-corrected chi connectivity index (χ4v) is 1.89. The molecule has 0 aromatic heterocycles. The molecule has 3 nitrogen and oxygen atoms in total. The minimum atomic E-state index is -0.348. The van der Waals surface area contributed by atoms with Gasteiger partial charge in [-0.05, 0) is 25.3 Å². The van der Waals surface area contributed by atoms with Crippen LogP contribution in [0.2, 0.25) is 0 Å². The molecule has 1 fully saturated rings. The van der Waals surface area contributed by atoms with Crippen molar-refractivity contribution >= 4 is 5.91 Å². The van der Waals surface area contributed by atoms with Crippen molar-refractivity contribution in [2.24, 2.45) is 0 Å². The predicted molar refractivity (Wildman–Crippen MR) is 66.5 cm³/mol. The van der Waals surface area contributed by atoms with Crippen molar-refractivity contribution in [1.29, 1.82) is 0 Å². The van der Waals surface area contributed by atoms with Crippen molar-refractivity contribution in [3.63, 3.8) is 0 Å². The van der Waals surface area contributed by atoms with Crippen LogP contribution in [-0.2, 0) is 16.1 Å². The highest BCUT2D eigenvalue weighted by atomic mass is 16.5. The van der Waals surface area contributed by atoms with Crippen LogP contribution < -0.4 is 0 Å². The van der Waals surface area contributed by atoms with Crippen LogP contribution in [0.3, 0.4) is 0 Å². The lowest BCUT2D eigenvalue weighted by molar-refractivity contribution is -0.142. The third kappa shape index (κ3) is 3.07. The van der Waals surface area contributed by atoms with Crippen LogP contribution in [0.4, 0.5) is 0 Å². The fraction of sp³-hybridized carbons (Fsp3) is 0.500. The van der Waals surface area contributed by atoms with Crippen molar-refractivity contribution in [2.45, 2.75) is 38.5 Å². The maximum atomic E-state index is 12.2. The molecule has 0 saturated heterocycles. The summed E-state index contributed by atoms with van der Waals surface area (Å²) in [6, 6.07) is 10.5. The molecule has 0 aliphatic heterocycles. The highest BCUT2D eigenvalue weighted by Gasteiger charge is 2.34. The molecular formula is C14H19NO2. The van der Waals surface area contributed by atoms with Crippen LogP contribution in [0, 0.1) is 0 Å². The first-order chi connectivity index (χ1) is 8.22. The SMILES string of the molecule is CO[C@H](C)C(=O)N(Cc1ccccc1)C1CC1. The van der Waals surface area contributed by atoms with Crippen LogP contribution in [0.25, 0.3) is 0 Å². The zero-order valence-corrected chi connectivity index (χ0v) is 10.4. The Hall–Kier alpha value is -1.35. The quantitative estimate of drug-likeness (QED) is 0.780. The molecule has 0 heterocycles. The number of carbonyl (C=O) groups is 1. The first-order valence-electron chi connectivity index (χ1n) is 6.09. The van der Waals surface area contributed by atoms with Crippen molar-refractivity contribution in [2.75, 3.05) is 7.11 Å². The van der Waals surface area contributed by atoms with E-state index in [1.54, 1.807) is 7.11 Å². The average Bonchev–Trinajstić information content (AvgIpc) is 3.19. The van der Waals surface area contributed by atoms with Crippen LogP contribution in [0.15, 0.2) is 30.3 Å². The summed E-state index contributed by atoms with van der Waals surface area (Å²) in [7, 11) is 1.58. The van der Waals surface area contributed by atoms with Crippen molar-refractivity contribution in [1.82, 2.24) is 4.90 Å². The summed E-state index contributed by atoms with van der Waals surface area (Å²) in [6.07, 6.45) is 1.89. The van der Waals surface area contributed by atoms with Gasteiger partial charge < -0.3 is 9.64 Å². The van der Waals surface area contributed by atoms with E-state index in [2.05, 4.69) is 12.1 Å². The molecule has 17 heavy (non-hydrogen) atoms. The summed E-state index contributed by atoms with van der Waals surface area (Å²) in [5.74, 6) is 0.0962. The molecule has 2 rings (SSSR count). The van der Waals surface area contributed by atoms with Gasteiger partial charge in [0.1, 0.15) is 6.10 Å². The Morgan fingerprint density at radius 1 is 1.41 bits per heavy atom. The third-order valence-corrected chi connectivity index (χ3v) is 3.17. The van der Waals surface area contributed by atoms with Gasteiger partial charge in [-0.3, -0.25) is 4.79 Å². The molecule has 1 aliphatic carbocycles. The first kappa shape index (κ1) is 12.1. The summed E-state index contributed by atoms with van der Waals surface area (Å²) >= 11 is 0. The highest BCUT2D eigenvalue weighted by Crippen LogP contribution is 2.29. The van der Waals surface area contributed by atoms with E-state index in [1.165, 1.54) is 5.56 Å². The molecule has 92 valence electrons. The number of hydrogen-bond donors (Lipinski definition) is 0. The van der Waals surface area contributed by atoms with Crippen LogP contribution in [0.5, 0.6) is 0 Å². The number of rotatable bonds is 5. The van der Waals surface area contributed by atoms with E-state index in [1.807, 2.05) is 30.0 Å². The Balaban J connectivity index is 2.05. The van der Waals surface area contributed by atoms with Gasteiger partial charge in [0.15, 0.2) is 0 Å². The standard InChI is InChI=1S/C14H19NO2/c1-11(17-2)14(16)15(13-8-9-13)10-12-6-4-3-5-7-12/h3-7,11,13H,8-10H2,1-2H3/t11-/m1/s1. The van der Waals surface area contributed by atoms with Gasteiger partial charge in [-0.1, -0.05) is 30.3 Å². The Morgan fingerprint density at radius 3 is 2.59 bits per heavy atom. The number of nitrogens with zero attached hydrogens (tertiary/aromatic N) is 1. The van der Waals surface area contributed by atoms with E-state index in [9.17, 15) is 4.79 Å². The Labute approximate surface area is 102 Å². The molecule has 3 heteroatoms. The zero-order chi connectivity index (χ0) is 12.3. The molecule has 1 atom stereocenters. The van der Waals surface area contributed by atoms with E-state index < -0.39 is 0 Å². The molecule has 1 saturated carbocycles. The van der Waals surface area contributed by atoms with E-state index >= 15 is 0 Å². The maximum Gasteiger partial charge on any atom is 0.251 e. The number of amides is 1. The number of hydrogen-bond acceptors (Lipinski definition) is 2. The molecular weight excluding hydrogens is 214 g/mol. The molecule has 1 aliphatic rings. The number of carbonyl (C=O) groups excluding carboxylic acids is 1. The van der Waals surface area contributed by atoms with E-state index in [0.717, 1.165) is 12.8 Å². The Morgan fingerprint density at radius 2 is 2.06 bits per heavy atom. The summed E-state index contributed by atoms with van der Waals surface area (Å²) < 4.78 is 5.12. The lowest BCUT2D eigenvalue weighted by Crippen LogP contribution is -2.39. The maximum absolute atomic E-state index is 12.2. The summed E-state index contributed by atoms with van der Waals surface area (Å²) in [5, 5.41) is 0. The molecule has 1 aromatic rings. The van der Waals surface area contributed by atoms with Gasteiger partial charge in [0.05, 0.1) is 0 Å². The summed E-state index contributed by atoms with van der Waals surface area (Å²) in [4.78, 5) is 14.1. The summed E-state index contributed by atoms with van der Waals surface area (Å²) in [6.45, 7) is 2.50. The highest BCUT2D eigenvalue weighted by molar-refractivity contribution is 5.81. The average molecular weight is 233 g/mol. The fourth-order valence-electron chi connectivity index (χ4n) is 1.89. The van der Waals surface area contributed by atoms with E-state index in [4.69, 9.17) is 4.74 Å². The topological polar surface area (TPSA) is 29.5 Å². The third-order valence-electron chi connectivity index (χ3n) is 3.17. The minimum absolute atomic E-state index is 0.0962. The molecule has 1 aromatic carbocycles. The monoisotopic (exact) mass is 233 g/mol. The van der Waals surface area contributed by atoms with E-state index in [-0.39, 0.29) is 12.0 Å². The number of benzene rings is 1. The smallest absolute Gasteiger partial charge is 0.251 e. The zero-order valence-electron chi connectivity index (χ0n) is 10.4. The Bertz CT molecular complexity index is 373. The molecule has 0 spiro atoms. The van der Waals surface area contributed by atoms with Crippen molar-refractivity contribution in [3.05, 3.63) is 35.9 Å². The number of ether oxygens (including phenoxy) is 1. The minimum Gasteiger partial charge on any atom is -0.372 e. The van der Waals surface area contributed by atoms with Gasteiger partial charge in [-0.15, -0.1) is 0 Å². The van der Waals surface area contributed by atoms with Gasteiger partial charge in [-0.2, -0.15) is 0 Å².